The molecule has 0 aliphatic rings. The molecular weight excluding hydrogens is 266 g/mol. The molecular formula is C16H15N3O2. The number of carbonyl (C=O) groups excluding carboxylic acids is 1. The summed E-state index contributed by atoms with van der Waals surface area (Å²) in [5, 5.41) is 11.5. The van der Waals surface area contributed by atoms with Crippen LogP contribution in [-0.2, 0) is 0 Å². The summed E-state index contributed by atoms with van der Waals surface area (Å²) in [5.74, 6) is 0.730. The molecule has 106 valence electrons. The third kappa shape index (κ3) is 3.51. The Labute approximate surface area is 123 Å². The van der Waals surface area contributed by atoms with Crippen molar-refractivity contribution in [1.82, 2.24) is 0 Å². The number of carbonyl (C=O) groups is 1. The number of nitrogens with zero attached hydrogens (tertiary/aromatic N) is 2. The average molecular weight is 281 g/mol. The fourth-order valence-electron chi connectivity index (χ4n) is 1.76. The summed E-state index contributed by atoms with van der Waals surface area (Å²) in [6, 6.07) is 15.7. The molecule has 0 atom stereocenters. The molecule has 2 aromatic rings. The fraction of sp³-hybridized carbons (Fsp3) is 0.125. The third-order valence-corrected chi connectivity index (χ3v) is 3.03. The Morgan fingerprint density at radius 3 is 2.29 bits per heavy atom. The van der Waals surface area contributed by atoms with Crippen molar-refractivity contribution in [3.05, 3.63) is 54.1 Å². The van der Waals surface area contributed by atoms with Gasteiger partial charge in [0.05, 0.1) is 18.7 Å². The molecule has 5 nitrogen and oxygen atoms in total. The van der Waals surface area contributed by atoms with Crippen LogP contribution < -0.4 is 15.0 Å². The number of anilines is 2. The lowest BCUT2D eigenvalue weighted by Crippen LogP contribution is -2.31. The van der Waals surface area contributed by atoms with E-state index in [9.17, 15) is 4.79 Å². The number of urea groups is 1. The van der Waals surface area contributed by atoms with Crippen LogP contribution >= 0.6 is 0 Å². The summed E-state index contributed by atoms with van der Waals surface area (Å²) in [7, 11) is 3.26. The SMILES string of the molecule is COc1ccc(NC(=O)N(C)c2ccc(C#N)cc2)cc1. The molecule has 0 spiro atoms. The Balaban J connectivity index is 2.05. The van der Waals surface area contributed by atoms with Gasteiger partial charge < -0.3 is 10.1 Å². The van der Waals surface area contributed by atoms with Crippen LogP contribution in [0.1, 0.15) is 5.56 Å². The van der Waals surface area contributed by atoms with Crippen LogP contribution in [0.3, 0.4) is 0 Å². The van der Waals surface area contributed by atoms with Gasteiger partial charge in [-0.1, -0.05) is 0 Å². The minimum Gasteiger partial charge on any atom is -0.497 e. The topological polar surface area (TPSA) is 65.4 Å². The first-order chi connectivity index (χ1) is 10.1. The quantitative estimate of drug-likeness (QED) is 0.939. The number of rotatable bonds is 3. The molecule has 0 heterocycles. The summed E-state index contributed by atoms with van der Waals surface area (Å²) in [4.78, 5) is 13.6. The van der Waals surface area contributed by atoms with Crippen molar-refractivity contribution >= 4 is 17.4 Å². The van der Waals surface area contributed by atoms with E-state index in [0.29, 0.717) is 16.9 Å². The smallest absolute Gasteiger partial charge is 0.326 e. The van der Waals surface area contributed by atoms with Crippen molar-refractivity contribution in [3.63, 3.8) is 0 Å². The van der Waals surface area contributed by atoms with E-state index in [-0.39, 0.29) is 6.03 Å². The Bertz CT molecular complexity index is 657. The first kappa shape index (κ1) is 14.4. The highest BCUT2D eigenvalue weighted by Crippen LogP contribution is 2.18. The fourth-order valence-corrected chi connectivity index (χ4v) is 1.76. The molecule has 0 bridgehead atoms. The Hall–Kier alpha value is -3.00. The normalized spacial score (nSPS) is 9.57. The van der Waals surface area contributed by atoms with Gasteiger partial charge in [-0.15, -0.1) is 0 Å². The number of hydrogen-bond donors (Lipinski definition) is 1. The lowest BCUT2D eigenvalue weighted by molar-refractivity contribution is 0.258. The first-order valence-electron chi connectivity index (χ1n) is 6.33. The standard InChI is InChI=1S/C16H15N3O2/c1-19(14-7-3-12(11-17)4-8-14)16(20)18-13-5-9-15(21-2)10-6-13/h3-10H,1-2H3,(H,18,20). The molecule has 1 N–H and O–H groups in total. The van der Waals surface area contributed by atoms with Gasteiger partial charge in [-0.3, -0.25) is 4.90 Å². The molecule has 5 heteroatoms. The molecule has 0 radical (unpaired) electrons. The van der Waals surface area contributed by atoms with E-state index in [4.69, 9.17) is 10.00 Å². The van der Waals surface area contributed by atoms with E-state index in [0.717, 1.165) is 5.75 Å². The number of benzene rings is 2. The predicted octanol–water partition coefficient (Wildman–Crippen LogP) is 3.24. The maximum Gasteiger partial charge on any atom is 0.326 e. The van der Waals surface area contributed by atoms with Gasteiger partial charge in [0.15, 0.2) is 0 Å². The minimum absolute atomic E-state index is 0.259. The zero-order chi connectivity index (χ0) is 15.2. The summed E-state index contributed by atoms with van der Waals surface area (Å²) in [5.41, 5.74) is 1.95. The first-order valence-corrected chi connectivity index (χ1v) is 6.33. The summed E-state index contributed by atoms with van der Waals surface area (Å²) >= 11 is 0. The van der Waals surface area contributed by atoms with E-state index < -0.39 is 0 Å². The molecule has 0 aliphatic heterocycles. The molecule has 2 amide bonds. The van der Waals surface area contributed by atoms with Crippen LogP contribution in [-0.4, -0.2) is 20.2 Å². The van der Waals surface area contributed by atoms with Crippen LogP contribution in [0.5, 0.6) is 5.75 Å². The van der Waals surface area contributed by atoms with E-state index >= 15 is 0 Å². The van der Waals surface area contributed by atoms with Crippen LogP contribution in [0.4, 0.5) is 16.2 Å². The number of methoxy groups -OCH3 is 1. The van der Waals surface area contributed by atoms with Gasteiger partial charge in [-0.05, 0) is 48.5 Å². The van der Waals surface area contributed by atoms with Crippen molar-refractivity contribution in [1.29, 1.82) is 5.26 Å². The van der Waals surface area contributed by atoms with Gasteiger partial charge >= 0.3 is 6.03 Å². The Kier molecular flexibility index (Phi) is 4.42. The number of amides is 2. The molecule has 0 aromatic heterocycles. The zero-order valence-corrected chi connectivity index (χ0v) is 11.8. The second-order valence-corrected chi connectivity index (χ2v) is 4.38. The molecule has 2 aromatic carbocycles. The maximum absolute atomic E-state index is 12.1. The lowest BCUT2D eigenvalue weighted by Gasteiger charge is -2.18. The van der Waals surface area contributed by atoms with Crippen LogP contribution in [0.15, 0.2) is 48.5 Å². The van der Waals surface area contributed by atoms with Crippen LogP contribution in [0.25, 0.3) is 0 Å². The number of ether oxygens (including phenoxy) is 1. The molecule has 0 fully saturated rings. The molecule has 2 rings (SSSR count). The van der Waals surface area contributed by atoms with Gasteiger partial charge in [-0.25, -0.2) is 4.79 Å². The van der Waals surface area contributed by atoms with Crippen molar-refractivity contribution < 1.29 is 9.53 Å². The number of hydrogen-bond acceptors (Lipinski definition) is 3. The molecule has 0 saturated heterocycles. The highest BCUT2D eigenvalue weighted by atomic mass is 16.5. The predicted molar refractivity (Wildman–Crippen MR) is 81.6 cm³/mol. The summed E-state index contributed by atoms with van der Waals surface area (Å²) in [6.07, 6.45) is 0. The molecule has 0 saturated carbocycles. The largest absolute Gasteiger partial charge is 0.497 e. The van der Waals surface area contributed by atoms with E-state index in [1.54, 1.807) is 62.7 Å². The van der Waals surface area contributed by atoms with Crippen molar-refractivity contribution in [2.75, 3.05) is 24.4 Å². The second kappa shape index (κ2) is 6.44. The number of nitriles is 1. The highest BCUT2D eigenvalue weighted by molar-refractivity contribution is 6.01. The molecule has 0 unspecified atom stereocenters. The van der Waals surface area contributed by atoms with E-state index in [2.05, 4.69) is 5.32 Å². The Morgan fingerprint density at radius 1 is 1.14 bits per heavy atom. The van der Waals surface area contributed by atoms with Crippen LogP contribution in [0.2, 0.25) is 0 Å². The van der Waals surface area contributed by atoms with Gasteiger partial charge in [0.1, 0.15) is 5.75 Å². The monoisotopic (exact) mass is 281 g/mol. The summed E-state index contributed by atoms with van der Waals surface area (Å²) < 4.78 is 5.06. The lowest BCUT2D eigenvalue weighted by atomic mass is 10.2. The zero-order valence-electron chi connectivity index (χ0n) is 11.8. The van der Waals surface area contributed by atoms with Gasteiger partial charge in [0.25, 0.3) is 0 Å². The minimum atomic E-state index is -0.259. The highest BCUT2D eigenvalue weighted by Gasteiger charge is 2.10. The maximum atomic E-state index is 12.1. The van der Waals surface area contributed by atoms with Crippen molar-refractivity contribution in [2.24, 2.45) is 0 Å². The molecule has 21 heavy (non-hydrogen) atoms. The van der Waals surface area contributed by atoms with Crippen molar-refractivity contribution in [2.45, 2.75) is 0 Å². The molecule has 0 aliphatic carbocycles. The average Bonchev–Trinajstić information content (AvgIpc) is 2.55. The second-order valence-electron chi connectivity index (χ2n) is 4.38. The Morgan fingerprint density at radius 2 is 1.76 bits per heavy atom. The van der Waals surface area contributed by atoms with Crippen LogP contribution in [0, 0.1) is 11.3 Å². The van der Waals surface area contributed by atoms with Crippen molar-refractivity contribution in [3.8, 4) is 11.8 Å². The van der Waals surface area contributed by atoms with E-state index in [1.165, 1.54) is 4.90 Å². The summed E-state index contributed by atoms with van der Waals surface area (Å²) in [6.45, 7) is 0. The third-order valence-electron chi connectivity index (χ3n) is 3.03. The van der Waals surface area contributed by atoms with Gasteiger partial charge in [0, 0.05) is 18.4 Å². The van der Waals surface area contributed by atoms with Gasteiger partial charge in [0.2, 0.25) is 0 Å². The van der Waals surface area contributed by atoms with E-state index in [1.807, 2.05) is 6.07 Å². The number of nitrogens with one attached hydrogen (secondary N) is 1. The van der Waals surface area contributed by atoms with Gasteiger partial charge in [-0.2, -0.15) is 5.26 Å².